The second-order valence-corrected chi connectivity index (χ2v) is 10.6. The van der Waals surface area contributed by atoms with E-state index in [0.717, 1.165) is 59.3 Å². The zero-order valence-electron chi connectivity index (χ0n) is 19.4. The summed E-state index contributed by atoms with van der Waals surface area (Å²) < 4.78 is 7.34. The van der Waals surface area contributed by atoms with Crippen molar-refractivity contribution in [1.29, 1.82) is 0 Å². The van der Waals surface area contributed by atoms with E-state index >= 15 is 0 Å². The van der Waals surface area contributed by atoms with Crippen molar-refractivity contribution in [3.63, 3.8) is 0 Å². The summed E-state index contributed by atoms with van der Waals surface area (Å²) in [5, 5.41) is 28.9. The molecule has 2 fully saturated rings. The second kappa shape index (κ2) is 12.1. The minimum Gasteiger partial charge on any atom is -0.508 e. The van der Waals surface area contributed by atoms with E-state index in [2.05, 4.69) is 42.7 Å². The van der Waals surface area contributed by atoms with Crippen LogP contribution >= 0.6 is 31.9 Å². The Morgan fingerprint density at radius 1 is 0.848 bits per heavy atom. The molecule has 2 aliphatic rings. The summed E-state index contributed by atoms with van der Waals surface area (Å²) in [7, 11) is 0.941. The van der Waals surface area contributed by atoms with Gasteiger partial charge in [0.15, 0.2) is 0 Å². The SMILES string of the molecule is CB(O)N1CC[C@@H](c2ccc(Br)cc2O)C1.COc1cc(Br)ccc1[C@@H]1CCN(B(C)O)C1. The summed E-state index contributed by atoms with van der Waals surface area (Å²) in [6, 6.07) is 11.8. The van der Waals surface area contributed by atoms with Gasteiger partial charge in [-0.05, 0) is 88.1 Å². The molecule has 2 aromatic rings. The average molecular weight is 582 g/mol. The van der Waals surface area contributed by atoms with Crippen molar-refractivity contribution in [2.75, 3.05) is 33.3 Å². The Labute approximate surface area is 214 Å². The first-order chi connectivity index (χ1) is 15.7. The van der Waals surface area contributed by atoms with E-state index in [1.165, 1.54) is 5.56 Å². The molecule has 2 saturated heterocycles. The van der Waals surface area contributed by atoms with Gasteiger partial charge in [0.25, 0.3) is 0 Å². The molecule has 178 valence electrons. The maximum atomic E-state index is 9.87. The van der Waals surface area contributed by atoms with Gasteiger partial charge in [-0.25, -0.2) is 0 Å². The summed E-state index contributed by atoms with van der Waals surface area (Å²) in [6.07, 6.45) is 2.06. The van der Waals surface area contributed by atoms with Crippen LogP contribution in [-0.2, 0) is 0 Å². The molecule has 4 rings (SSSR count). The zero-order valence-corrected chi connectivity index (χ0v) is 22.6. The largest absolute Gasteiger partial charge is 0.508 e. The zero-order chi connectivity index (χ0) is 24.1. The molecule has 0 bridgehead atoms. The van der Waals surface area contributed by atoms with Gasteiger partial charge in [0.05, 0.1) is 7.11 Å². The van der Waals surface area contributed by atoms with Crippen LogP contribution in [0.15, 0.2) is 45.3 Å². The Bertz CT molecular complexity index is 935. The molecule has 0 aromatic heterocycles. The molecule has 6 nitrogen and oxygen atoms in total. The normalized spacial score (nSPS) is 20.9. The molecule has 0 saturated carbocycles. The number of phenols is 1. The van der Waals surface area contributed by atoms with Crippen molar-refractivity contribution in [1.82, 2.24) is 9.62 Å². The van der Waals surface area contributed by atoms with E-state index in [4.69, 9.17) is 4.74 Å². The number of halogens is 2. The lowest BCUT2D eigenvalue weighted by molar-refractivity contribution is 0.400. The van der Waals surface area contributed by atoms with Gasteiger partial charge < -0.3 is 29.5 Å². The fourth-order valence-corrected chi connectivity index (χ4v) is 5.33. The third kappa shape index (κ3) is 6.99. The van der Waals surface area contributed by atoms with E-state index in [0.29, 0.717) is 17.6 Å². The first-order valence-corrected chi connectivity index (χ1v) is 12.9. The standard InChI is InChI=1S/C12H17BBrNO2.C11H15BBrNO2/c1-13(16)15-6-5-9(8-15)11-4-3-10(14)7-12(11)17-2;1-12(16)14-5-4-8(7-14)10-3-2-9(13)6-11(10)15/h3-4,7,9,16H,5-6,8H2,1-2H3;2-3,6,8,15-16H,4-5,7H2,1H3/t9-;8-/m11/s1. The molecule has 3 N–H and O–H groups in total. The smallest absolute Gasteiger partial charge is 0.376 e. The fourth-order valence-electron chi connectivity index (χ4n) is 4.65. The van der Waals surface area contributed by atoms with Gasteiger partial charge in [-0.15, -0.1) is 0 Å². The lowest BCUT2D eigenvalue weighted by Gasteiger charge is -2.18. The van der Waals surface area contributed by atoms with Crippen molar-refractivity contribution in [3.05, 3.63) is 56.5 Å². The third-order valence-electron chi connectivity index (χ3n) is 6.56. The van der Waals surface area contributed by atoms with Gasteiger partial charge >= 0.3 is 14.1 Å². The minimum atomic E-state index is -0.400. The number of methoxy groups -OCH3 is 1. The van der Waals surface area contributed by atoms with Gasteiger partial charge in [0, 0.05) is 20.8 Å². The maximum absolute atomic E-state index is 9.87. The highest BCUT2D eigenvalue weighted by atomic mass is 79.9. The summed E-state index contributed by atoms with van der Waals surface area (Å²) in [5.74, 6) is 2.04. The predicted octanol–water partition coefficient (Wildman–Crippen LogP) is 4.41. The molecule has 10 heteroatoms. The van der Waals surface area contributed by atoms with E-state index in [1.807, 2.05) is 35.9 Å². The Kier molecular flexibility index (Phi) is 9.73. The molecule has 2 atom stereocenters. The summed E-state index contributed by atoms with van der Waals surface area (Å²) in [5.41, 5.74) is 2.21. The van der Waals surface area contributed by atoms with Crippen LogP contribution in [0.25, 0.3) is 0 Å². The van der Waals surface area contributed by atoms with Crippen LogP contribution in [0, 0.1) is 0 Å². The topological polar surface area (TPSA) is 76.4 Å². The van der Waals surface area contributed by atoms with Crippen LogP contribution in [0.3, 0.4) is 0 Å². The van der Waals surface area contributed by atoms with Crippen LogP contribution < -0.4 is 4.74 Å². The molecule has 0 unspecified atom stereocenters. The third-order valence-corrected chi connectivity index (χ3v) is 7.55. The van der Waals surface area contributed by atoms with Crippen molar-refractivity contribution in [2.24, 2.45) is 0 Å². The number of nitrogens with zero attached hydrogens (tertiary/aromatic N) is 2. The van der Waals surface area contributed by atoms with Crippen LogP contribution in [0.4, 0.5) is 0 Å². The minimum absolute atomic E-state index is 0.322. The van der Waals surface area contributed by atoms with Crippen LogP contribution in [-0.4, -0.2) is 72.2 Å². The van der Waals surface area contributed by atoms with Crippen molar-refractivity contribution < 1.29 is 19.9 Å². The van der Waals surface area contributed by atoms with Gasteiger partial charge in [0.1, 0.15) is 11.5 Å². The van der Waals surface area contributed by atoms with Crippen LogP contribution in [0.2, 0.25) is 13.6 Å². The highest BCUT2D eigenvalue weighted by molar-refractivity contribution is 9.10. The van der Waals surface area contributed by atoms with E-state index in [9.17, 15) is 15.2 Å². The molecule has 33 heavy (non-hydrogen) atoms. The summed E-state index contributed by atoms with van der Waals surface area (Å²) >= 11 is 6.78. The summed E-state index contributed by atoms with van der Waals surface area (Å²) in [4.78, 5) is 4.11. The Morgan fingerprint density at radius 3 is 1.79 bits per heavy atom. The van der Waals surface area contributed by atoms with Gasteiger partial charge in [-0.2, -0.15) is 0 Å². The van der Waals surface area contributed by atoms with Crippen molar-refractivity contribution in [2.45, 2.75) is 38.3 Å². The highest BCUT2D eigenvalue weighted by Gasteiger charge is 2.30. The molecule has 2 heterocycles. The number of ether oxygens (including phenoxy) is 1. The number of hydrogen-bond donors (Lipinski definition) is 3. The first-order valence-electron chi connectivity index (χ1n) is 11.4. The monoisotopic (exact) mass is 580 g/mol. The van der Waals surface area contributed by atoms with E-state index in [-0.39, 0.29) is 7.05 Å². The van der Waals surface area contributed by atoms with Crippen molar-refractivity contribution >= 4 is 46.0 Å². The van der Waals surface area contributed by atoms with Crippen molar-refractivity contribution in [3.8, 4) is 11.5 Å². The fraction of sp³-hybridized carbons (Fsp3) is 0.478. The first kappa shape index (κ1) is 26.6. The quantitative estimate of drug-likeness (QED) is 0.454. The second-order valence-electron chi connectivity index (χ2n) is 8.81. The van der Waals surface area contributed by atoms with Gasteiger partial charge in [-0.3, -0.25) is 0 Å². The predicted molar refractivity (Wildman–Crippen MR) is 142 cm³/mol. The van der Waals surface area contributed by atoms with Crippen LogP contribution in [0.1, 0.15) is 35.8 Å². The van der Waals surface area contributed by atoms with E-state index in [1.54, 1.807) is 20.0 Å². The lowest BCUT2D eigenvalue weighted by atomic mass is 9.85. The lowest BCUT2D eigenvalue weighted by Crippen LogP contribution is -2.34. The number of aromatic hydroxyl groups is 1. The van der Waals surface area contributed by atoms with Crippen LogP contribution in [0.5, 0.6) is 11.5 Å². The molecule has 2 aliphatic heterocycles. The molecule has 0 spiro atoms. The maximum Gasteiger partial charge on any atom is 0.376 e. The molecular weight excluding hydrogens is 550 g/mol. The van der Waals surface area contributed by atoms with Gasteiger partial charge in [0.2, 0.25) is 0 Å². The molecule has 0 amide bonds. The Morgan fingerprint density at radius 2 is 1.33 bits per heavy atom. The number of hydrogen-bond acceptors (Lipinski definition) is 6. The number of phenolic OH excluding ortho intramolecular Hbond substituents is 1. The Balaban J connectivity index is 0.000000186. The average Bonchev–Trinajstić information content (AvgIpc) is 3.44. The van der Waals surface area contributed by atoms with E-state index < -0.39 is 7.05 Å². The summed E-state index contributed by atoms with van der Waals surface area (Å²) in [6.45, 7) is 7.15. The molecule has 0 aliphatic carbocycles. The molecule has 0 radical (unpaired) electrons. The molecule has 2 aromatic carbocycles. The number of benzene rings is 2. The Hall–Kier alpha value is -1.03. The molecular formula is C23H32B2Br2N2O4. The highest BCUT2D eigenvalue weighted by Crippen LogP contribution is 2.36. The number of rotatable bonds is 5. The van der Waals surface area contributed by atoms with Gasteiger partial charge in [-0.1, -0.05) is 44.0 Å².